The van der Waals surface area contributed by atoms with Crippen LogP contribution in [0.25, 0.3) is 21.9 Å². The van der Waals surface area contributed by atoms with Crippen molar-refractivity contribution in [3.8, 4) is 22.6 Å². The molecule has 4 aromatic carbocycles. The van der Waals surface area contributed by atoms with E-state index in [1.165, 1.54) is 24.8 Å². The van der Waals surface area contributed by atoms with Gasteiger partial charge in [-0.15, -0.1) is 0 Å². The average molecular weight is 581 g/mol. The second kappa shape index (κ2) is 15.9. The van der Waals surface area contributed by atoms with Crippen LogP contribution in [0.1, 0.15) is 54.9 Å². The van der Waals surface area contributed by atoms with Crippen molar-refractivity contribution in [2.45, 2.75) is 45.4 Å². The summed E-state index contributed by atoms with van der Waals surface area (Å²) in [6.07, 6.45) is 6.11. The molecule has 0 spiro atoms. The maximum absolute atomic E-state index is 12.8. The maximum atomic E-state index is 12.8. The van der Waals surface area contributed by atoms with Crippen LogP contribution >= 0.6 is 0 Å². The maximum Gasteiger partial charge on any atom is 0.513 e. The second-order valence-corrected chi connectivity index (χ2v) is 10.1. The lowest BCUT2D eigenvalue weighted by molar-refractivity contribution is -0.137. The number of rotatable bonds is 14. The Hall–Kier alpha value is -4.91. The molecule has 7 nitrogen and oxygen atoms in total. The van der Waals surface area contributed by atoms with Gasteiger partial charge in [0.15, 0.2) is 0 Å². The molecule has 0 aliphatic rings. The van der Waals surface area contributed by atoms with Gasteiger partial charge in [0.05, 0.1) is 18.8 Å². The van der Waals surface area contributed by atoms with E-state index >= 15 is 0 Å². The van der Waals surface area contributed by atoms with Crippen molar-refractivity contribution < 1.29 is 33.3 Å². The van der Waals surface area contributed by atoms with Crippen molar-refractivity contribution in [3.63, 3.8) is 0 Å². The minimum atomic E-state index is -0.826. The molecule has 4 aromatic rings. The highest BCUT2D eigenvalue weighted by atomic mass is 16.7. The summed E-state index contributed by atoms with van der Waals surface area (Å²) in [5.74, 6) is -0.168. The highest BCUT2D eigenvalue weighted by Crippen LogP contribution is 2.26. The van der Waals surface area contributed by atoms with Crippen molar-refractivity contribution in [2.24, 2.45) is 0 Å². The topological polar surface area (TPSA) is 88.1 Å². The van der Waals surface area contributed by atoms with E-state index in [1.807, 2.05) is 12.1 Å². The first-order valence-corrected chi connectivity index (χ1v) is 14.5. The molecule has 0 bridgehead atoms. The van der Waals surface area contributed by atoms with Crippen LogP contribution in [0.5, 0.6) is 11.5 Å². The van der Waals surface area contributed by atoms with Crippen molar-refractivity contribution >= 4 is 28.9 Å². The molecule has 0 aliphatic heterocycles. The van der Waals surface area contributed by atoms with Gasteiger partial charge in [0.2, 0.25) is 0 Å². The van der Waals surface area contributed by atoms with Crippen LogP contribution in [0, 0.1) is 0 Å². The SMILES string of the molecule is C=CC(=O)OCCCCOC(=O)Oc1ccc2cc(C(=O)Oc3ccc(-c4ccc(CCCCC)cc4)cc3)ccc2c1. The summed E-state index contributed by atoms with van der Waals surface area (Å²) < 4.78 is 20.8. The van der Waals surface area contributed by atoms with Crippen molar-refractivity contribution in [1.29, 1.82) is 0 Å². The quantitative estimate of drug-likeness (QED) is 0.0486. The summed E-state index contributed by atoms with van der Waals surface area (Å²) in [5.41, 5.74) is 3.92. The Morgan fingerprint density at radius 3 is 2.00 bits per heavy atom. The van der Waals surface area contributed by atoms with Gasteiger partial charge >= 0.3 is 18.1 Å². The van der Waals surface area contributed by atoms with Crippen LogP contribution < -0.4 is 9.47 Å². The van der Waals surface area contributed by atoms with Crippen molar-refractivity contribution in [3.05, 3.63) is 109 Å². The number of aryl methyl sites for hydroxylation is 1. The third-order valence-corrected chi connectivity index (χ3v) is 6.84. The summed E-state index contributed by atoms with van der Waals surface area (Å²) in [4.78, 5) is 35.8. The van der Waals surface area contributed by atoms with Gasteiger partial charge in [-0.1, -0.05) is 74.9 Å². The summed E-state index contributed by atoms with van der Waals surface area (Å²) in [6.45, 7) is 5.90. The third-order valence-electron chi connectivity index (χ3n) is 6.84. The molecule has 0 aromatic heterocycles. The third kappa shape index (κ3) is 9.57. The lowest BCUT2D eigenvalue weighted by Crippen LogP contribution is -2.12. The van der Waals surface area contributed by atoms with Gasteiger partial charge in [-0.25, -0.2) is 14.4 Å². The molecule has 7 heteroatoms. The molecule has 4 rings (SSSR count). The van der Waals surface area contributed by atoms with Crippen LogP contribution in [0.4, 0.5) is 4.79 Å². The number of carbonyl (C=O) groups is 3. The van der Waals surface area contributed by atoms with Crippen molar-refractivity contribution in [2.75, 3.05) is 13.2 Å². The lowest BCUT2D eigenvalue weighted by atomic mass is 10.0. The summed E-state index contributed by atoms with van der Waals surface area (Å²) in [5, 5.41) is 1.57. The van der Waals surface area contributed by atoms with E-state index in [2.05, 4.69) is 37.8 Å². The van der Waals surface area contributed by atoms with Crippen LogP contribution in [0.2, 0.25) is 0 Å². The van der Waals surface area contributed by atoms with Gasteiger partial charge < -0.3 is 18.9 Å². The van der Waals surface area contributed by atoms with Crippen LogP contribution in [0.3, 0.4) is 0 Å². The predicted octanol–water partition coefficient (Wildman–Crippen LogP) is 8.48. The van der Waals surface area contributed by atoms with Gasteiger partial charge in [-0.2, -0.15) is 0 Å². The molecule has 0 saturated heterocycles. The van der Waals surface area contributed by atoms with Crippen LogP contribution in [-0.4, -0.2) is 31.3 Å². The van der Waals surface area contributed by atoms with E-state index in [0.29, 0.717) is 29.9 Å². The van der Waals surface area contributed by atoms with E-state index in [0.717, 1.165) is 34.4 Å². The Morgan fingerprint density at radius 2 is 1.30 bits per heavy atom. The van der Waals surface area contributed by atoms with Crippen molar-refractivity contribution in [1.82, 2.24) is 0 Å². The first-order valence-electron chi connectivity index (χ1n) is 14.5. The first-order chi connectivity index (χ1) is 20.9. The number of unbranched alkanes of at least 4 members (excludes halogenated alkanes) is 3. The molecular formula is C36H36O7. The minimum Gasteiger partial charge on any atom is -0.463 e. The zero-order valence-corrected chi connectivity index (χ0v) is 24.4. The lowest BCUT2D eigenvalue weighted by Gasteiger charge is -2.09. The van der Waals surface area contributed by atoms with E-state index in [9.17, 15) is 14.4 Å². The fourth-order valence-corrected chi connectivity index (χ4v) is 4.46. The molecule has 0 amide bonds. The van der Waals surface area contributed by atoms with E-state index < -0.39 is 18.1 Å². The Morgan fingerprint density at radius 1 is 0.674 bits per heavy atom. The summed E-state index contributed by atoms with van der Waals surface area (Å²) in [6, 6.07) is 26.3. The molecule has 43 heavy (non-hydrogen) atoms. The highest BCUT2D eigenvalue weighted by molar-refractivity contribution is 5.96. The molecule has 0 radical (unpaired) electrons. The van der Waals surface area contributed by atoms with Gasteiger partial charge in [-0.3, -0.25) is 0 Å². The number of carbonyl (C=O) groups excluding carboxylic acids is 3. The fraction of sp³-hybridized carbons (Fsp3) is 0.250. The summed E-state index contributed by atoms with van der Waals surface area (Å²) >= 11 is 0. The second-order valence-electron chi connectivity index (χ2n) is 10.1. The highest BCUT2D eigenvalue weighted by Gasteiger charge is 2.12. The first kappa shape index (κ1) is 31.0. The number of hydrogen-bond acceptors (Lipinski definition) is 7. The Labute approximate surface area is 252 Å². The minimum absolute atomic E-state index is 0.137. The molecular weight excluding hydrogens is 544 g/mol. The zero-order chi connectivity index (χ0) is 30.4. The summed E-state index contributed by atoms with van der Waals surface area (Å²) in [7, 11) is 0. The van der Waals surface area contributed by atoms with Gasteiger partial charge in [0.1, 0.15) is 11.5 Å². The van der Waals surface area contributed by atoms with E-state index in [4.69, 9.17) is 18.9 Å². The monoisotopic (exact) mass is 580 g/mol. The average Bonchev–Trinajstić information content (AvgIpc) is 3.03. The molecule has 0 heterocycles. The van der Waals surface area contributed by atoms with Gasteiger partial charge in [0.25, 0.3) is 0 Å². The Bertz CT molecular complexity index is 1540. The van der Waals surface area contributed by atoms with E-state index in [1.54, 1.807) is 48.5 Å². The smallest absolute Gasteiger partial charge is 0.463 e. The Balaban J connectivity index is 1.27. The molecule has 0 N–H and O–H groups in total. The largest absolute Gasteiger partial charge is 0.513 e. The number of fused-ring (bicyclic) bond motifs is 1. The van der Waals surface area contributed by atoms with Crippen LogP contribution in [-0.2, 0) is 20.7 Å². The predicted molar refractivity (Wildman–Crippen MR) is 166 cm³/mol. The molecule has 222 valence electrons. The normalized spacial score (nSPS) is 10.6. The molecule has 0 fully saturated rings. The molecule has 0 unspecified atom stereocenters. The number of ether oxygens (including phenoxy) is 4. The number of benzene rings is 4. The number of esters is 2. The zero-order valence-electron chi connectivity index (χ0n) is 24.4. The van der Waals surface area contributed by atoms with Gasteiger partial charge in [-0.05, 0) is 89.5 Å². The molecule has 0 aliphatic carbocycles. The van der Waals surface area contributed by atoms with E-state index in [-0.39, 0.29) is 13.2 Å². The Kier molecular flexibility index (Phi) is 11.5. The van der Waals surface area contributed by atoms with Gasteiger partial charge in [0, 0.05) is 6.08 Å². The number of hydrogen-bond donors (Lipinski definition) is 0. The fourth-order valence-electron chi connectivity index (χ4n) is 4.46. The van der Waals surface area contributed by atoms with Crippen LogP contribution in [0.15, 0.2) is 97.6 Å². The molecule has 0 saturated carbocycles. The standard InChI is InChI=1S/C36H36O7/c1-3-5-6-9-26-10-12-27(13-11-26)28-16-19-32(20-17-28)42-35(38)31-15-14-30-25-33(21-18-29(30)24-31)43-36(39)41-23-8-7-22-40-34(37)4-2/h4,10-21,24-25H,2-3,5-9,22-23H2,1H3. The molecule has 0 atom stereocenters.